The number of benzene rings is 1. The first kappa shape index (κ1) is 19.7. The average molecular weight is 482 g/mol. The van der Waals surface area contributed by atoms with Gasteiger partial charge in [-0.1, -0.05) is 30.3 Å². The fraction of sp³-hybridized carbons (Fsp3) is 0.333. The number of hydrogen-bond acceptors (Lipinski definition) is 6. The largest absolute Gasteiger partial charge is 0.339 e. The highest BCUT2D eigenvalue weighted by atomic mass is 79.9. The zero-order valence-corrected chi connectivity index (χ0v) is 18.4. The van der Waals surface area contributed by atoms with Gasteiger partial charge in [-0.2, -0.15) is 4.31 Å². The van der Waals surface area contributed by atoms with Crippen molar-refractivity contribution in [3.63, 3.8) is 0 Å². The summed E-state index contributed by atoms with van der Waals surface area (Å²) >= 11 is 4.95. The summed E-state index contributed by atoms with van der Waals surface area (Å²) in [5, 5.41) is 3.63. The molecule has 3 aromatic rings. The minimum atomic E-state index is -3.63. The zero-order chi connectivity index (χ0) is 19.7. The van der Waals surface area contributed by atoms with Gasteiger partial charge in [0.2, 0.25) is 0 Å². The molecular weight excluding hydrogens is 462 g/mol. The average Bonchev–Trinajstić information content (AvgIpc) is 3.40. The molecule has 1 aliphatic rings. The molecule has 2 aromatic heterocycles. The highest BCUT2D eigenvalue weighted by Gasteiger charge is 2.40. The maximum atomic E-state index is 13.1. The number of aromatic nitrogens is 3. The molecule has 0 radical (unpaired) electrons. The molecule has 0 aliphatic carbocycles. The van der Waals surface area contributed by atoms with E-state index in [2.05, 4.69) is 43.3 Å². The van der Waals surface area contributed by atoms with E-state index < -0.39 is 10.0 Å². The van der Waals surface area contributed by atoms with Gasteiger partial charge in [-0.15, -0.1) is 11.3 Å². The number of imidazole rings is 1. The van der Waals surface area contributed by atoms with E-state index >= 15 is 0 Å². The summed E-state index contributed by atoms with van der Waals surface area (Å²) in [6, 6.07) is 10.1. The molecule has 148 valence electrons. The smallest absolute Gasteiger partial charge is 0.262 e. The van der Waals surface area contributed by atoms with Crippen LogP contribution < -0.4 is 5.32 Å². The van der Waals surface area contributed by atoms with Crippen molar-refractivity contribution >= 4 is 37.3 Å². The van der Waals surface area contributed by atoms with Crippen molar-refractivity contribution in [1.82, 2.24) is 24.2 Å². The highest BCUT2D eigenvalue weighted by Crippen LogP contribution is 2.31. The summed E-state index contributed by atoms with van der Waals surface area (Å²) < 4.78 is 30.1. The number of thiazole rings is 1. The fourth-order valence-corrected chi connectivity index (χ4v) is 6.23. The molecule has 28 heavy (non-hydrogen) atoms. The first-order valence-corrected chi connectivity index (χ1v) is 11.8. The van der Waals surface area contributed by atoms with Crippen LogP contribution in [0.15, 0.2) is 58.0 Å². The van der Waals surface area contributed by atoms with E-state index in [1.54, 1.807) is 29.1 Å². The molecule has 1 aliphatic heterocycles. The molecule has 1 saturated heterocycles. The Morgan fingerprint density at radius 2 is 2.04 bits per heavy atom. The van der Waals surface area contributed by atoms with E-state index in [1.807, 2.05) is 24.4 Å². The Morgan fingerprint density at radius 3 is 2.68 bits per heavy atom. The maximum Gasteiger partial charge on any atom is 0.262 e. The van der Waals surface area contributed by atoms with Crippen LogP contribution >= 0.6 is 27.3 Å². The van der Waals surface area contributed by atoms with Crippen LogP contribution in [0.4, 0.5) is 0 Å². The molecule has 0 saturated carbocycles. The fourth-order valence-electron chi connectivity index (χ4n) is 3.46. The summed E-state index contributed by atoms with van der Waals surface area (Å²) in [4.78, 5) is 9.37. The summed E-state index contributed by atoms with van der Waals surface area (Å²) in [5.41, 5.74) is 1.13. The predicted molar refractivity (Wildman–Crippen MR) is 112 cm³/mol. The lowest BCUT2D eigenvalue weighted by atomic mass is 9.94. The van der Waals surface area contributed by atoms with Crippen LogP contribution in [-0.4, -0.2) is 46.4 Å². The van der Waals surface area contributed by atoms with Gasteiger partial charge in [0.05, 0.1) is 6.33 Å². The topological polar surface area (TPSA) is 80.1 Å². The van der Waals surface area contributed by atoms with Crippen molar-refractivity contribution in [2.75, 3.05) is 13.1 Å². The monoisotopic (exact) mass is 481 g/mol. The first-order chi connectivity index (χ1) is 13.4. The molecule has 7 nitrogen and oxygen atoms in total. The Labute approximate surface area is 176 Å². The van der Waals surface area contributed by atoms with E-state index in [4.69, 9.17) is 0 Å². The van der Waals surface area contributed by atoms with Gasteiger partial charge in [0.15, 0.2) is 8.94 Å². The molecule has 4 rings (SSSR count). The van der Waals surface area contributed by atoms with Crippen LogP contribution in [0.25, 0.3) is 0 Å². The number of aryl methyl sites for hydroxylation is 1. The maximum absolute atomic E-state index is 13.1. The van der Waals surface area contributed by atoms with E-state index in [-0.39, 0.29) is 17.0 Å². The van der Waals surface area contributed by atoms with Crippen molar-refractivity contribution < 1.29 is 8.42 Å². The van der Waals surface area contributed by atoms with Crippen LogP contribution in [0.2, 0.25) is 0 Å². The normalized spacial score (nSPS) is 20.6. The molecule has 0 bridgehead atoms. The number of sulfonamides is 1. The molecule has 1 fully saturated rings. The molecule has 10 heteroatoms. The summed E-state index contributed by atoms with van der Waals surface area (Å²) in [5.74, 6) is 0.0658. The van der Waals surface area contributed by atoms with Gasteiger partial charge in [-0.05, 0) is 21.5 Å². The summed E-state index contributed by atoms with van der Waals surface area (Å²) in [6.07, 6.45) is 4.88. The third-order valence-electron chi connectivity index (χ3n) is 4.86. The van der Waals surface area contributed by atoms with Crippen molar-refractivity contribution in [3.8, 4) is 0 Å². The molecule has 1 aromatic carbocycles. The van der Waals surface area contributed by atoms with Gasteiger partial charge in [-0.3, -0.25) is 0 Å². The second-order valence-corrected chi connectivity index (χ2v) is 11.1. The van der Waals surface area contributed by atoms with Crippen molar-refractivity contribution in [3.05, 3.63) is 63.4 Å². The molecule has 2 unspecified atom stereocenters. The molecule has 2 atom stereocenters. The lowest BCUT2D eigenvalue weighted by molar-refractivity contribution is 0.454. The van der Waals surface area contributed by atoms with Crippen molar-refractivity contribution in [2.45, 2.75) is 23.5 Å². The second-order valence-electron chi connectivity index (χ2n) is 6.78. The molecule has 0 spiro atoms. The Hall–Kier alpha value is -1.59. The van der Waals surface area contributed by atoms with Gasteiger partial charge < -0.3 is 9.88 Å². The van der Waals surface area contributed by atoms with Gasteiger partial charge in [-0.25, -0.2) is 18.4 Å². The van der Waals surface area contributed by atoms with Crippen LogP contribution in [-0.2, 0) is 23.6 Å². The van der Waals surface area contributed by atoms with E-state index in [9.17, 15) is 8.42 Å². The van der Waals surface area contributed by atoms with Crippen LogP contribution in [0.3, 0.4) is 0 Å². The number of nitrogens with one attached hydrogen (secondary N) is 1. The van der Waals surface area contributed by atoms with E-state index in [0.717, 1.165) is 14.4 Å². The van der Waals surface area contributed by atoms with Crippen molar-refractivity contribution in [2.24, 2.45) is 7.05 Å². The highest BCUT2D eigenvalue weighted by molar-refractivity contribution is 9.11. The molecule has 3 heterocycles. The first-order valence-electron chi connectivity index (χ1n) is 8.80. The molecule has 0 amide bonds. The lowest BCUT2D eigenvalue weighted by Gasteiger charge is -2.19. The third-order valence-corrected chi connectivity index (χ3v) is 8.06. The Bertz CT molecular complexity index is 1050. The predicted octanol–water partition coefficient (Wildman–Crippen LogP) is 2.59. The third kappa shape index (κ3) is 4.06. The molecule has 1 N–H and O–H groups in total. The quantitative estimate of drug-likeness (QED) is 0.585. The van der Waals surface area contributed by atoms with Gasteiger partial charge in [0.1, 0.15) is 0 Å². The van der Waals surface area contributed by atoms with Gasteiger partial charge >= 0.3 is 0 Å². The van der Waals surface area contributed by atoms with Gasteiger partial charge in [0.25, 0.3) is 10.0 Å². The number of rotatable bonds is 6. The molecular formula is C18H20BrN5O2S2. The number of halogens is 1. The summed E-state index contributed by atoms with van der Waals surface area (Å²) in [6.45, 7) is 1.47. The van der Waals surface area contributed by atoms with Crippen LogP contribution in [0, 0.1) is 0 Å². The van der Waals surface area contributed by atoms with Crippen LogP contribution in [0.5, 0.6) is 0 Å². The number of nitrogens with zero attached hydrogens (tertiary/aromatic N) is 4. The second kappa shape index (κ2) is 8.03. The van der Waals surface area contributed by atoms with E-state index in [0.29, 0.717) is 19.6 Å². The van der Waals surface area contributed by atoms with E-state index in [1.165, 1.54) is 10.6 Å². The van der Waals surface area contributed by atoms with Gasteiger partial charge in [0, 0.05) is 55.9 Å². The summed E-state index contributed by atoms with van der Waals surface area (Å²) in [7, 11) is -1.86. The van der Waals surface area contributed by atoms with Crippen LogP contribution in [0.1, 0.15) is 16.4 Å². The van der Waals surface area contributed by atoms with Crippen molar-refractivity contribution in [1.29, 1.82) is 0 Å². The Balaban J connectivity index is 1.57. The lowest BCUT2D eigenvalue weighted by Crippen LogP contribution is -2.36. The minimum Gasteiger partial charge on any atom is -0.339 e. The minimum absolute atomic E-state index is 0.00163. The standard InChI is InChI=1S/C18H20BrN5O2S2/c1-23-11-17(22-12-23)28(25,26)24-9-15(13-5-3-2-4-6-13)16(10-24)20-7-14-8-21-18(19)27-14/h2-6,8,11-12,15-16,20H,7,9-10H2,1H3. The Morgan fingerprint density at radius 1 is 1.25 bits per heavy atom. The zero-order valence-electron chi connectivity index (χ0n) is 15.2. The Kier molecular flexibility index (Phi) is 5.66. The SMILES string of the molecule is Cn1cnc(S(=O)(=O)N2CC(NCc3cnc(Br)s3)C(c3ccccc3)C2)c1. The number of hydrogen-bond donors (Lipinski definition) is 1.